The van der Waals surface area contributed by atoms with E-state index >= 15 is 0 Å². The lowest BCUT2D eigenvalue weighted by molar-refractivity contribution is -0.116. The van der Waals surface area contributed by atoms with Gasteiger partial charge >= 0.3 is 0 Å². The zero-order valence-electron chi connectivity index (χ0n) is 12.4. The Bertz CT molecular complexity index is 449. The van der Waals surface area contributed by atoms with Gasteiger partial charge in [-0.15, -0.1) is 11.8 Å². The van der Waals surface area contributed by atoms with Crippen molar-refractivity contribution in [3.8, 4) is 0 Å². The maximum atomic E-state index is 12.1. The van der Waals surface area contributed by atoms with Gasteiger partial charge in [-0.2, -0.15) is 5.10 Å². The molecule has 0 saturated carbocycles. The fourth-order valence-corrected chi connectivity index (χ4v) is 2.75. The smallest absolute Gasteiger partial charge is 0.148 e. The van der Waals surface area contributed by atoms with Crippen LogP contribution >= 0.6 is 23.4 Å². The molecule has 0 atom stereocenters. The molecule has 0 bridgehead atoms. The second kappa shape index (κ2) is 6.80. The van der Waals surface area contributed by atoms with Crippen LogP contribution in [0, 0.1) is 0 Å². The topological polar surface area (TPSA) is 34.9 Å². The number of thioether (sulfide) groups is 1. The fraction of sp³-hybridized carbons (Fsp3) is 0.714. The van der Waals surface area contributed by atoms with Gasteiger partial charge in [-0.1, -0.05) is 39.3 Å². The molecule has 0 aliphatic heterocycles. The molecule has 0 aliphatic rings. The molecule has 19 heavy (non-hydrogen) atoms. The fourth-order valence-electron chi connectivity index (χ4n) is 1.72. The number of Topliss-reactive ketones (excluding diaryl/α,β-unsaturated/α-hetero) is 1. The molecule has 0 saturated heterocycles. The van der Waals surface area contributed by atoms with Crippen LogP contribution in [0.2, 0.25) is 5.02 Å². The van der Waals surface area contributed by atoms with Crippen molar-refractivity contribution in [2.24, 2.45) is 0 Å². The molecule has 108 valence electrons. The van der Waals surface area contributed by atoms with Crippen molar-refractivity contribution < 1.29 is 4.79 Å². The zero-order chi connectivity index (χ0) is 14.6. The monoisotopic (exact) mass is 302 g/mol. The molecule has 0 unspecified atom stereocenters. The van der Waals surface area contributed by atoms with Crippen molar-refractivity contribution in [2.45, 2.75) is 58.8 Å². The van der Waals surface area contributed by atoms with Gasteiger partial charge in [0, 0.05) is 11.3 Å². The molecule has 0 N–H and O–H groups in total. The third-order valence-electron chi connectivity index (χ3n) is 2.72. The predicted molar refractivity (Wildman–Crippen MR) is 83.2 cm³/mol. The number of hydrogen-bond acceptors (Lipinski definition) is 3. The molecule has 0 fully saturated rings. The Morgan fingerprint density at radius 1 is 1.37 bits per heavy atom. The molecule has 1 rings (SSSR count). The summed E-state index contributed by atoms with van der Waals surface area (Å²) in [5.74, 6) is 0.731. The van der Waals surface area contributed by atoms with Crippen LogP contribution in [-0.2, 0) is 24.2 Å². The molecule has 0 aliphatic carbocycles. The van der Waals surface area contributed by atoms with Gasteiger partial charge in [0.05, 0.1) is 28.6 Å². The molecule has 0 radical (unpaired) electrons. The second-order valence-electron chi connectivity index (χ2n) is 5.49. The Balaban J connectivity index is 2.76. The zero-order valence-corrected chi connectivity index (χ0v) is 14.0. The second-order valence-corrected chi connectivity index (χ2v) is 7.67. The maximum absolute atomic E-state index is 12.1. The van der Waals surface area contributed by atoms with Crippen molar-refractivity contribution >= 4 is 29.1 Å². The van der Waals surface area contributed by atoms with E-state index in [1.165, 1.54) is 0 Å². The Morgan fingerprint density at radius 2 is 2.00 bits per heavy atom. The summed E-state index contributed by atoms with van der Waals surface area (Å²) >= 11 is 7.97. The van der Waals surface area contributed by atoms with Crippen molar-refractivity contribution in [1.82, 2.24) is 9.78 Å². The number of carbonyl (C=O) groups is 1. The molecular formula is C14H23ClN2OS. The largest absolute Gasteiger partial charge is 0.298 e. The number of ketones is 1. The van der Waals surface area contributed by atoms with E-state index in [2.05, 4.69) is 25.9 Å². The molecule has 5 heteroatoms. The minimum Gasteiger partial charge on any atom is -0.298 e. The highest BCUT2D eigenvalue weighted by Gasteiger charge is 2.19. The van der Waals surface area contributed by atoms with Gasteiger partial charge in [-0.3, -0.25) is 9.48 Å². The maximum Gasteiger partial charge on any atom is 0.148 e. The van der Waals surface area contributed by atoms with Gasteiger partial charge in [-0.25, -0.2) is 0 Å². The van der Waals surface area contributed by atoms with Crippen LogP contribution < -0.4 is 0 Å². The lowest BCUT2D eigenvalue weighted by Gasteiger charge is -2.16. The van der Waals surface area contributed by atoms with Crippen LogP contribution in [0.3, 0.4) is 0 Å². The summed E-state index contributed by atoms with van der Waals surface area (Å²) in [4.78, 5) is 12.1. The van der Waals surface area contributed by atoms with E-state index in [1.807, 2.05) is 18.5 Å². The van der Waals surface area contributed by atoms with Crippen LogP contribution in [0.1, 0.15) is 46.0 Å². The van der Waals surface area contributed by atoms with Gasteiger partial charge in [0.2, 0.25) is 0 Å². The number of hydrogen-bond donors (Lipinski definition) is 0. The summed E-state index contributed by atoms with van der Waals surface area (Å²) in [6.07, 6.45) is 1.17. The first-order valence-corrected chi connectivity index (χ1v) is 8.04. The van der Waals surface area contributed by atoms with E-state index in [0.29, 0.717) is 17.2 Å². The first-order valence-electron chi connectivity index (χ1n) is 6.68. The Kier molecular flexibility index (Phi) is 5.93. The summed E-state index contributed by atoms with van der Waals surface area (Å²) < 4.78 is 1.96. The third kappa shape index (κ3) is 4.84. The third-order valence-corrected chi connectivity index (χ3v) is 4.49. The first kappa shape index (κ1) is 16.6. The highest BCUT2D eigenvalue weighted by molar-refractivity contribution is 8.01. The molecular weight excluding hydrogens is 280 g/mol. The van der Waals surface area contributed by atoms with E-state index in [1.54, 1.807) is 11.8 Å². The minimum atomic E-state index is 0.110. The van der Waals surface area contributed by atoms with Crippen molar-refractivity contribution in [3.63, 3.8) is 0 Å². The first-order chi connectivity index (χ1) is 8.78. The number of aryl methyl sites for hydroxylation is 2. The summed E-state index contributed by atoms with van der Waals surface area (Å²) in [5.41, 5.74) is 1.75. The summed E-state index contributed by atoms with van der Waals surface area (Å²) in [6.45, 7) is 11.1. The lowest BCUT2D eigenvalue weighted by Crippen LogP contribution is -2.16. The highest BCUT2D eigenvalue weighted by atomic mass is 35.5. The van der Waals surface area contributed by atoms with Crippen molar-refractivity contribution in [3.05, 3.63) is 16.4 Å². The van der Waals surface area contributed by atoms with Crippen LogP contribution in [0.25, 0.3) is 0 Å². The molecule has 0 aromatic carbocycles. The van der Waals surface area contributed by atoms with Gasteiger partial charge < -0.3 is 0 Å². The van der Waals surface area contributed by atoms with Crippen LogP contribution in [-0.4, -0.2) is 26.1 Å². The summed E-state index contributed by atoms with van der Waals surface area (Å²) in [6, 6.07) is 0. The van der Waals surface area contributed by atoms with Crippen molar-refractivity contribution in [1.29, 1.82) is 0 Å². The van der Waals surface area contributed by atoms with Crippen molar-refractivity contribution in [2.75, 3.05) is 5.75 Å². The molecule has 1 aromatic rings. The molecule has 0 amide bonds. The Labute approximate surface area is 125 Å². The SMILES string of the molecule is CCc1nn(CC)c(CC(=O)CSC(C)(C)C)c1Cl. The lowest BCUT2D eigenvalue weighted by atomic mass is 10.2. The van der Waals surface area contributed by atoms with E-state index < -0.39 is 0 Å². The van der Waals surface area contributed by atoms with Gasteiger partial charge in [0.15, 0.2) is 0 Å². The minimum absolute atomic E-state index is 0.110. The number of aromatic nitrogens is 2. The van der Waals surface area contributed by atoms with E-state index in [4.69, 9.17) is 11.6 Å². The van der Waals surface area contributed by atoms with Gasteiger partial charge in [0.25, 0.3) is 0 Å². The van der Waals surface area contributed by atoms with Crippen LogP contribution in [0.5, 0.6) is 0 Å². The average Bonchev–Trinajstić information content (AvgIpc) is 2.63. The highest BCUT2D eigenvalue weighted by Crippen LogP contribution is 2.25. The van der Waals surface area contributed by atoms with E-state index in [0.717, 1.165) is 24.4 Å². The number of nitrogens with zero attached hydrogens (tertiary/aromatic N) is 2. The van der Waals surface area contributed by atoms with E-state index in [-0.39, 0.29) is 10.5 Å². The molecule has 3 nitrogen and oxygen atoms in total. The summed E-state index contributed by atoms with van der Waals surface area (Å²) in [7, 11) is 0. The van der Waals surface area contributed by atoms with Crippen LogP contribution in [0.4, 0.5) is 0 Å². The van der Waals surface area contributed by atoms with Crippen LogP contribution in [0.15, 0.2) is 0 Å². The molecule has 1 aromatic heterocycles. The summed E-state index contributed by atoms with van der Waals surface area (Å²) in [5, 5.41) is 5.10. The number of halogens is 1. The quantitative estimate of drug-likeness (QED) is 0.802. The molecule has 0 spiro atoms. The predicted octanol–water partition coefficient (Wildman–Crippen LogP) is 3.76. The van der Waals surface area contributed by atoms with Gasteiger partial charge in [0.1, 0.15) is 5.78 Å². The number of carbonyl (C=O) groups excluding carboxylic acids is 1. The molecule has 1 heterocycles. The normalized spacial score (nSPS) is 11.9. The standard InChI is InChI=1S/C14H23ClN2OS/c1-6-11-13(15)12(17(7-2)16-11)8-10(18)9-19-14(3,4)5/h6-9H2,1-5H3. The Morgan fingerprint density at radius 3 is 2.47 bits per heavy atom. The number of rotatable bonds is 6. The Hall–Kier alpha value is -0.480. The van der Waals surface area contributed by atoms with Gasteiger partial charge in [-0.05, 0) is 13.3 Å². The van der Waals surface area contributed by atoms with E-state index in [9.17, 15) is 4.79 Å². The average molecular weight is 303 g/mol.